The number of piperazine rings is 1. The lowest BCUT2D eigenvalue weighted by Crippen LogP contribution is -2.44. The van der Waals surface area contributed by atoms with Gasteiger partial charge in [0.1, 0.15) is 0 Å². The highest BCUT2D eigenvalue weighted by Gasteiger charge is 2.11. The Balaban J connectivity index is 1.84. The van der Waals surface area contributed by atoms with Crippen molar-refractivity contribution in [1.82, 2.24) is 20.4 Å². The van der Waals surface area contributed by atoms with Gasteiger partial charge in [0.25, 0.3) is 0 Å². The standard InChI is InChI=1S/C11H20N4/c1-9-10(2)13-14-11(9)3-6-15-7-4-12-5-8-15/h12H,3-8H2,1-2H3,(H,13,14). The van der Waals surface area contributed by atoms with E-state index in [0.29, 0.717) is 0 Å². The molecule has 0 unspecified atom stereocenters. The fraction of sp³-hybridized carbons (Fsp3) is 0.727. The van der Waals surface area contributed by atoms with E-state index in [1.807, 2.05) is 0 Å². The Hall–Kier alpha value is -0.870. The predicted octanol–water partition coefficient (Wildman–Crippen LogP) is 0.474. The van der Waals surface area contributed by atoms with E-state index in [9.17, 15) is 0 Å². The largest absolute Gasteiger partial charge is 0.314 e. The molecule has 84 valence electrons. The van der Waals surface area contributed by atoms with Gasteiger partial charge in [-0.1, -0.05) is 0 Å². The molecule has 2 N–H and O–H groups in total. The Morgan fingerprint density at radius 2 is 2.00 bits per heavy atom. The first-order valence-electron chi connectivity index (χ1n) is 5.71. The molecule has 2 rings (SSSR count). The summed E-state index contributed by atoms with van der Waals surface area (Å²) in [4.78, 5) is 2.50. The van der Waals surface area contributed by atoms with E-state index in [0.717, 1.165) is 26.1 Å². The Kier molecular flexibility index (Phi) is 3.38. The van der Waals surface area contributed by atoms with Crippen molar-refractivity contribution < 1.29 is 0 Å². The first kappa shape index (κ1) is 10.6. The second-order valence-corrected chi connectivity index (χ2v) is 4.26. The van der Waals surface area contributed by atoms with Crippen molar-refractivity contribution in [1.29, 1.82) is 0 Å². The highest BCUT2D eigenvalue weighted by Crippen LogP contribution is 2.09. The van der Waals surface area contributed by atoms with Gasteiger partial charge < -0.3 is 10.2 Å². The first-order chi connectivity index (χ1) is 7.27. The van der Waals surface area contributed by atoms with Gasteiger partial charge in [0, 0.05) is 44.8 Å². The maximum Gasteiger partial charge on any atom is 0.0666 e. The molecule has 4 nitrogen and oxygen atoms in total. The summed E-state index contributed by atoms with van der Waals surface area (Å²) in [5.41, 5.74) is 3.75. The zero-order valence-electron chi connectivity index (χ0n) is 9.64. The van der Waals surface area contributed by atoms with Gasteiger partial charge >= 0.3 is 0 Å². The molecule has 1 aliphatic rings. The lowest BCUT2D eigenvalue weighted by atomic mass is 10.1. The lowest BCUT2D eigenvalue weighted by Gasteiger charge is -2.26. The van der Waals surface area contributed by atoms with Crippen LogP contribution in [-0.2, 0) is 6.42 Å². The van der Waals surface area contributed by atoms with E-state index in [1.54, 1.807) is 0 Å². The number of aromatic nitrogens is 2. The van der Waals surface area contributed by atoms with Crippen molar-refractivity contribution in [2.24, 2.45) is 0 Å². The van der Waals surface area contributed by atoms with E-state index < -0.39 is 0 Å². The maximum atomic E-state index is 4.33. The number of hydrogen-bond donors (Lipinski definition) is 2. The van der Waals surface area contributed by atoms with E-state index in [1.165, 1.54) is 30.0 Å². The molecule has 1 aliphatic heterocycles. The molecular weight excluding hydrogens is 188 g/mol. The quantitative estimate of drug-likeness (QED) is 0.759. The van der Waals surface area contributed by atoms with Crippen molar-refractivity contribution in [3.8, 4) is 0 Å². The molecule has 0 radical (unpaired) electrons. The molecule has 0 aliphatic carbocycles. The van der Waals surface area contributed by atoms with E-state index >= 15 is 0 Å². The van der Waals surface area contributed by atoms with Crippen molar-refractivity contribution >= 4 is 0 Å². The summed E-state index contributed by atoms with van der Waals surface area (Å²) in [5, 5.41) is 10.7. The summed E-state index contributed by atoms with van der Waals surface area (Å²) in [6, 6.07) is 0. The second kappa shape index (κ2) is 4.77. The van der Waals surface area contributed by atoms with Crippen LogP contribution in [0.25, 0.3) is 0 Å². The van der Waals surface area contributed by atoms with Crippen LogP contribution in [0.2, 0.25) is 0 Å². The molecule has 0 bridgehead atoms. The van der Waals surface area contributed by atoms with E-state index in [-0.39, 0.29) is 0 Å². The van der Waals surface area contributed by atoms with Gasteiger partial charge in [0.15, 0.2) is 0 Å². The molecule has 4 heteroatoms. The minimum atomic E-state index is 1.07. The summed E-state index contributed by atoms with van der Waals surface area (Å²) in [6.07, 6.45) is 1.07. The first-order valence-corrected chi connectivity index (χ1v) is 5.71. The molecular formula is C11H20N4. The normalized spacial score (nSPS) is 18.3. The molecule has 15 heavy (non-hydrogen) atoms. The molecule has 0 atom stereocenters. The minimum Gasteiger partial charge on any atom is -0.314 e. The van der Waals surface area contributed by atoms with Gasteiger partial charge in [-0.2, -0.15) is 5.10 Å². The summed E-state index contributed by atoms with van der Waals surface area (Å²) >= 11 is 0. The molecule has 1 aromatic heterocycles. The average Bonchev–Trinajstić information content (AvgIpc) is 2.59. The molecule has 0 aromatic carbocycles. The van der Waals surface area contributed by atoms with Gasteiger partial charge in [-0.3, -0.25) is 5.10 Å². The zero-order valence-corrected chi connectivity index (χ0v) is 9.64. The van der Waals surface area contributed by atoms with Crippen molar-refractivity contribution in [3.63, 3.8) is 0 Å². The van der Waals surface area contributed by atoms with Gasteiger partial charge in [0.05, 0.1) is 5.69 Å². The van der Waals surface area contributed by atoms with E-state index in [2.05, 4.69) is 34.3 Å². The van der Waals surface area contributed by atoms with Gasteiger partial charge in [-0.05, 0) is 19.4 Å². The number of aromatic amines is 1. The maximum absolute atomic E-state index is 4.33. The van der Waals surface area contributed by atoms with Crippen LogP contribution in [0.3, 0.4) is 0 Å². The van der Waals surface area contributed by atoms with Crippen molar-refractivity contribution in [2.75, 3.05) is 32.7 Å². The average molecular weight is 208 g/mol. The summed E-state index contributed by atoms with van der Waals surface area (Å²) in [7, 11) is 0. The van der Waals surface area contributed by atoms with Crippen molar-refractivity contribution in [3.05, 3.63) is 17.0 Å². The third kappa shape index (κ3) is 2.58. The topological polar surface area (TPSA) is 44.0 Å². The summed E-state index contributed by atoms with van der Waals surface area (Å²) in [5.74, 6) is 0. The van der Waals surface area contributed by atoms with Crippen LogP contribution < -0.4 is 5.32 Å². The molecule has 0 saturated carbocycles. The Morgan fingerprint density at radius 1 is 1.27 bits per heavy atom. The number of aryl methyl sites for hydroxylation is 1. The van der Waals surface area contributed by atoms with Gasteiger partial charge in [0.2, 0.25) is 0 Å². The van der Waals surface area contributed by atoms with Crippen LogP contribution in [0.15, 0.2) is 0 Å². The highest BCUT2D eigenvalue weighted by molar-refractivity contribution is 5.22. The molecule has 0 spiro atoms. The van der Waals surface area contributed by atoms with Crippen LogP contribution in [0.1, 0.15) is 17.0 Å². The Morgan fingerprint density at radius 3 is 2.60 bits per heavy atom. The fourth-order valence-electron chi connectivity index (χ4n) is 1.98. The fourth-order valence-corrected chi connectivity index (χ4v) is 1.98. The molecule has 1 saturated heterocycles. The lowest BCUT2D eigenvalue weighted by molar-refractivity contribution is 0.243. The Labute approximate surface area is 91.1 Å². The van der Waals surface area contributed by atoms with Crippen LogP contribution in [0, 0.1) is 13.8 Å². The molecule has 0 amide bonds. The third-order valence-corrected chi connectivity index (χ3v) is 3.23. The van der Waals surface area contributed by atoms with E-state index in [4.69, 9.17) is 0 Å². The number of nitrogens with zero attached hydrogens (tertiary/aromatic N) is 2. The summed E-state index contributed by atoms with van der Waals surface area (Å²) in [6.45, 7) is 9.94. The van der Waals surface area contributed by atoms with Crippen LogP contribution in [0.5, 0.6) is 0 Å². The number of H-pyrrole nitrogens is 1. The van der Waals surface area contributed by atoms with Crippen LogP contribution in [-0.4, -0.2) is 47.8 Å². The molecule has 1 fully saturated rings. The highest BCUT2D eigenvalue weighted by atomic mass is 15.2. The van der Waals surface area contributed by atoms with Crippen LogP contribution >= 0.6 is 0 Å². The number of rotatable bonds is 3. The van der Waals surface area contributed by atoms with Gasteiger partial charge in [-0.15, -0.1) is 0 Å². The van der Waals surface area contributed by atoms with Crippen molar-refractivity contribution in [2.45, 2.75) is 20.3 Å². The SMILES string of the molecule is Cc1[nH]nc(CCN2CCNCC2)c1C. The van der Waals surface area contributed by atoms with Crippen LogP contribution in [0.4, 0.5) is 0 Å². The molecule has 1 aromatic rings. The second-order valence-electron chi connectivity index (χ2n) is 4.26. The molecule has 2 heterocycles. The zero-order chi connectivity index (χ0) is 10.7. The monoisotopic (exact) mass is 208 g/mol. The number of hydrogen-bond acceptors (Lipinski definition) is 3. The smallest absolute Gasteiger partial charge is 0.0666 e. The summed E-state index contributed by atoms with van der Waals surface area (Å²) < 4.78 is 0. The third-order valence-electron chi connectivity index (χ3n) is 3.23. The van der Waals surface area contributed by atoms with Gasteiger partial charge in [-0.25, -0.2) is 0 Å². The Bertz CT molecular complexity index is 312. The predicted molar refractivity (Wildman–Crippen MR) is 61.1 cm³/mol. The minimum absolute atomic E-state index is 1.07. The number of nitrogens with one attached hydrogen (secondary N) is 2.